The Morgan fingerprint density at radius 2 is 1.15 bits per heavy atom. The Kier molecular flexibility index (Phi) is 14.7. The summed E-state index contributed by atoms with van der Waals surface area (Å²) in [6.07, 6.45) is 2.05. The van der Waals surface area contributed by atoms with Crippen LogP contribution in [0, 0.1) is 0 Å². The van der Waals surface area contributed by atoms with Gasteiger partial charge in [0.2, 0.25) is 0 Å². The molecule has 2 saturated heterocycles. The predicted octanol–water partition coefficient (Wildman–Crippen LogP) is 0.342. The topological polar surface area (TPSA) is 89.0 Å². The molecule has 0 unspecified atom stereocenters. The predicted molar refractivity (Wildman–Crippen MR) is 82.9 cm³/mol. The normalized spacial score (nSPS) is 33.0. The van der Waals surface area contributed by atoms with Crippen LogP contribution in [0.2, 0.25) is 0 Å². The van der Waals surface area contributed by atoms with Crippen LogP contribution in [-0.2, 0) is 18.9 Å². The Labute approximate surface area is 133 Å². The molecule has 2 heterocycles. The van der Waals surface area contributed by atoms with Crippen LogP contribution in [0.3, 0.4) is 0 Å². The third-order valence-electron chi connectivity index (χ3n) is 3.32. The van der Waals surface area contributed by atoms with Crippen LogP contribution in [0.15, 0.2) is 0 Å². The van der Waals surface area contributed by atoms with E-state index in [1.54, 1.807) is 14.2 Å². The average Bonchev–Trinajstić information content (AvgIpc) is 2.41. The van der Waals surface area contributed by atoms with Gasteiger partial charge in [-0.2, -0.15) is 0 Å². The van der Waals surface area contributed by atoms with Crippen molar-refractivity contribution in [1.29, 1.82) is 0 Å². The number of hydrogen-bond acceptors (Lipinski definition) is 6. The van der Waals surface area contributed by atoms with Crippen molar-refractivity contribution in [2.24, 2.45) is 11.5 Å². The summed E-state index contributed by atoms with van der Waals surface area (Å²) in [6, 6.07) is 0.340. The van der Waals surface area contributed by atoms with Crippen LogP contribution in [-0.4, -0.2) is 64.9 Å². The molecule has 0 amide bonds. The lowest BCUT2D eigenvalue weighted by molar-refractivity contribution is -0.0411. The Bertz CT molecular complexity index is 206. The molecule has 20 heavy (non-hydrogen) atoms. The molecule has 2 aliphatic rings. The minimum atomic E-state index is 0. The van der Waals surface area contributed by atoms with Crippen molar-refractivity contribution >= 4 is 24.8 Å². The molecule has 4 atom stereocenters. The fourth-order valence-corrected chi connectivity index (χ4v) is 1.94. The van der Waals surface area contributed by atoms with E-state index in [1.807, 2.05) is 0 Å². The SMILES string of the molecule is CO[C@@H]1COCC[C@H]1N.CO[C@H]1COCC[C@@H]1N.Cl.Cl. The molecule has 2 fully saturated rings. The van der Waals surface area contributed by atoms with Gasteiger partial charge in [0.25, 0.3) is 0 Å². The van der Waals surface area contributed by atoms with Gasteiger partial charge in [0.15, 0.2) is 0 Å². The van der Waals surface area contributed by atoms with E-state index in [9.17, 15) is 0 Å². The zero-order valence-electron chi connectivity index (χ0n) is 12.2. The van der Waals surface area contributed by atoms with E-state index in [1.165, 1.54) is 0 Å². The lowest BCUT2D eigenvalue weighted by atomic mass is 10.1. The van der Waals surface area contributed by atoms with Crippen LogP contribution in [0.5, 0.6) is 0 Å². The average molecular weight is 335 g/mol. The van der Waals surface area contributed by atoms with Crippen molar-refractivity contribution in [1.82, 2.24) is 0 Å². The largest absolute Gasteiger partial charge is 0.379 e. The smallest absolute Gasteiger partial charge is 0.0955 e. The summed E-state index contributed by atoms with van der Waals surface area (Å²) in [4.78, 5) is 0. The van der Waals surface area contributed by atoms with Gasteiger partial charge in [0.1, 0.15) is 0 Å². The maximum Gasteiger partial charge on any atom is 0.0955 e. The molecule has 0 radical (unpaired) electrons. The number of ether oxygens (including phenoxy) is 4. The summed E-state index contributed by atoms with van der Waals surface area (Å²) in [5, 5.41) is 0. The van der Waals surface area contributed by atoms with Gasteiger partial charge in [-0.3, -0.25) is 0 Å². The number of hydrogen-bond donors (Lipinski definition) is 2. The van der Waals surface area contributed by atoms with Crippen LogP contribution in [0.4, 0.5) is 0 Å². The minimum absolute atomic E-state index is 0. The second kappa shape index (κ2) is 13.0. The Morgan fingerprint density at radius 1 is 0.800 bits per heavy atom. The molecule has 2 rings (SSSR count). The van der Waals surface area contributed by atoms with E-state index in [4.69, 9.17) is 30.4 Å². The Balaban J connectivity index is 0. The quantitative estimate of drug-likeness (QED) is 0.757. The first kappa shape index (κ1) is 22.6. The number of halogens is 2. The van der Waals surface area contributed by atoms with Gasteiger partial charge in [0.05, 0.1) is 25.4 Å². The Morgan fingerprint density at radius 3 is 1.35 bits per heavy atom. The number of nitrogens with two attached hydrogens (primary N) is 2. The minimum Gasteiger partial charge on any atom is -0.379 e. The van der Waals surface area contributed by atoms with E-state index in [0.29, 0.717) is 13.2 Å². The van der Waals surface area contributed by atoms with Crippen molar-refractivity contribution in [3.63, 3.8) is 0 Å². The number of methoxy groups -OCH3 is 2. The molecule has 0 spiro atoms. The molecule has 2 aliphatic heterocycles. The van der Waals surface area contributed by atoms with Crippen LogP contribution >= 0.6 is 24.8 Å². The van der Waals surface area contributed by atoms with E-state index in [0.717, 1.165) is 26.1 Å². The molecule has 0 bridgehead atoms. The standard InChI is InChI=1S/2C6H13NO2.2ClH/c2*1-8-6-4-9-3-2-5(6)7;;/h2*5-6H,2-4,7H2,1H3;2*1H/t2*5-,6-;;/m10../s1. The van der Waals surface area contributed by atoms with Crippen LogP contribution in [0.25, 0.3) is 0 Å². The number of rotatable bonds is 2. The van der Waals surface area contributed by atoms with E-state index >= 15 is 0 Å². The Hall–Kier alpha value is 0.340. The second-order valence-electron chi connectivity index (χ2n) is 4.60. The molecule has 0 aromatic carbocycles. The summed E-state index contributed by atoms with van der Waals surface area (Å²) in [5.74, 6) is 0. The van der Waals surface area contributed by atoms with E-state index in [-0.39, 0.29) is 49.1 Å². The highest BCUT2D eigenvalue weighted by atomic mass is 35.5. The molecule has 0 saturated carbocycles. The first-order chi connectivity index (χ1) is 8.69. The summed E-state index contributed by atoms with van der Waals surface area (Å²) in [7, 11) is 3.33. The summed E-state index contributed by atoms with van der Waals surface area (Å²) < 4.78 is 20.4. The van der Waals surface area contributed by atoms with Crippen molar-refractivity contribution < 1.29 is 18.9 Å². The monoisotopic (exact) mass is 334 g/mol. The molecule has 8 heteroatoms. The summed E-state index contributed by atoms with van der Waals surface area (Å²) >= 11 is 0. The highest BCUT2D eigenvalue weighted by Crippen LogP contribution is 2.07. The van der Waals surface area contributed by atoms with Gasteiger partial charge in [-0.25, -0.2) is 0 Å². The molecule has 6 nitrogen and oxygen atoms in total. The molecular weight excluding hydrogens is 307 g/mol. The lowest BCUT2D eigenvalue weighted by Crippen LogP contribution is -2.43. The van der Waals surface area contributed by atoms with Gasteiger partial charge in [0, 0.05) is 39.5 Å². The second-order valence-corrected chi connectivity index (χ2v) is 4.60. The third kappa shape index (κ3) is 7.95. The molecule has 4 N–H and O–H groups in total. The summed E-state index contributed by atoms with van der Waals surface area (Å²) in [6.45, 7) is 2.86. The highest BCUT2D eigenvalue weighted by molar-refractivity contribution is 5.85. The third-order valence-corrected chi connectivity index (χ3v) is 3.32. The molecule has 0 aromatic rings. The van der Waals surface area contributed by atoms with E-state index in [2.05, 4.69) is 0 Å². The van der Waals surface area contributed by atoms with Gasteiger partial charge in [-0.1, -0.05) is 0 Å². The van der Waals surface area contributed by atoms with Crippen molar-refractivity contribution in [2.45, 2.75) is 37.1 Å². The first-order valence-electron chi connectivity index (χ1n) is 6.41. The van der Waals surface area contributed by atoms with E-state index < -0.39 is 0 Å². The molecular formula is C12H28Cl2N2O4. The molecule has 0 aromatic heterocycles. The highest BCUT2D eigenvalue weighted by Gasteiger charge is 2.21. The van der Waals surface area contributed by atoms with Crippen LogP contribution in [0.1, 0.15) is 12.8 Å². The van der Waals surface area contributed by atoms with Gasteiger partial charge >= 0.3 is 0 Å². The zero-order valence-corrected chi connectivity index (χ0v) is 13.8. The zero-order chi connectivity index (χ0) is 13.4. The van der Waals surface area contributed by atoms with Crippen molar-refractivity contribution in [3.05, 3.63) is 0 Å². The van der Waals surface area contributed by atoms with Gasteiger partial charge in [-0.15, -0.1) is 24.8 Å². The summed E-state index contributed by atoms with van der Waals surface area (Å²) in [5.41, 5.74) is 11.4. The maximum atomic E-state index is 5.68. The fourth-order valence-electron chi connectivity index (χ4n) is 1.94. The maximum absolute atomic E-state index is 5.68. The molecule has 0 aliphatic carbocycles. The van der Waals surface area contributed by atoms with Crippen molar-refractivity contribution in [2.75, 3.05) is 40.6 Å². The van der Waals surface area contributed by atoms with Crippen molar-refractivity contribution in [3.8, 4) is 0 Å². The lowest BCUT2D eigenvalue weighted by Gasteiger charge is -2.26. The molecule has 124 valence electrons. The van der Waals surface area contributed by atoms with Crippen LogP contribution < -0.4 is 11.5 Å². The fraction of sp³-hybridized carbons (Fsp3) is 1.00. The first-order valence-corrected chi connectivity index (χ1v) is 6.41. The van der Waals surface area contributed by atoms with Gasteiger partial charge < -0.3 is 30.4 Å². The van der Waals surface area contributed by atoms with Gasteiger partial charge in [-0.05, 0) is 12.8 Å².